The number of imide groups is 1. The molecule has 1 fully saturated rings. The van der Waals surface area contributed by atoms with E-state index in [4.69, 9.17) is 5.11 Å². The minimum Gasteiger partial charge on any atom is -0.478 e. The molecule has 2 aromatic rings. The van der Waals surface area contributed by atoms with E-state index in [2.05, 4.69) is 5.32 Å². The highest BCUT2D eigenvalue weighted by atomic mass is 19.1. The number of hydrogen-bond acceptors (Lipinski definition) is 4. The normalized spacial score (nSPS) is 17.2. The molecule has 0 bridgehead atoms. The van der Waals surface area contributed by atoms with Crippen molar-refractivity contribution in [1.29, 1.82) is 0 Å². The fourth-order valence-corrected chi connectivity index (χ4v) is 2.52. The first-order chi connectivity index (χ1) is 11.5. The topological polar surface area (TPSA) is 86.7 Å². The van der Waals surface area contributed by atoms with Gasteiger partial charge in [0, 0.05) is 5.69 Å². The van der Waals surface area contributed by atoms with Gasteiger partial charge in [-0.2, -0.15) is 0 Å². The largest absolute Gasteiger partial charge is 0.478 e. The molecule has 1 atom stereocenters. The van der Waals surface area contributed by atoms with Gasteiger partial charge in [0.15, 0.2) is 0 Å². The number of carboxylic acid groups (broad SMARTS) is 1. The van der Waals surface area contributed by atoms with Gasteiger partial charge in [0.1, 0.15) is 11.9 Å². The van der Waals surface area contributed by atoms with Crippen molar-refractivity contribution in [3.8, 4) is 0 Å². The first kappa shape index (κ1) is 15.7. The lowest BCUT2D eigenvalue weighted by atomic mass is 10.2. The maximum atomic E-state index is 13.0. The Hall–Kier alpha value is -3.22. The van der Waals surface area contributed by atoms with Gasteiger partial charge < -0.3 is 10.4 Å². The van der Waals surface area contributed by atoms with E-state index in [0.717, 1.165) is 4.90 Å². The van der Waals surface area contributed by atoms with Crippen molar-refractivity contribution in [2.24, 2.45) is 0 Å². The predicted octanol–water partition coefficient (Wildman–Crippen LogP) is 2.27. The number of aromatic carboxylic acids is 1. The van der Waals surface area contributed by atoms with Crippen LogP contribution in [0, 0.1) is 5.82 Å². The lowest BCUT2D eigenvalue weighted by molar-refractivity contribution is -0.121. The van der Waals surface area contributed by atoms with Gasteiger partial charge in [-0.05, 0) is 48.5 Å². The summed E-state index contributed by atoms with van der Waals surface area (Å²) in [6.07, 6.45) is -0.0309. The standard InChI is InChI=1S/C17H13FN2O4/c18-11-3-7-13(8-4-11)20-15(21)9-14(16(20)22)19-12-5-1-10(2-6-12)17(23)24/h1-8,14,19H,9H2,(H,23,24). The van der Waals surface area contributed by atoms with E-state index in [1.807, 2.05) is 0 Å². The van der Waals surface area contributed by atoms with Crippen LogP contribution in [0.2, 0.25) is 0 Å². The monoisotopic (exact) mass is 328 g/mol. The quantitative estimate of drug-likeness (QED) is 0.841. The number of carbonyl (C=O) groups excluding carboxylic acids is 2. The van der Waals surface area contributed by atoms with Gasteiger partial charge in [0.05, 0.1) is 17.7 Å². The van der Waals surface area contributed by atoms with Crippen LogP contribution in [0.3, 0.4) is 0 Å². The molecule has 2 amide bonds. The highest BCUT2D eigenvalue weighted by Gasteiger charge is 2.39. The molecule has 0 spiro atoms. The van der Waals surface area contributed by atoms with Crippen LogP contribution in [0.15, 0.2) is 48.5 Å². The van der Waals surface area contributed by atoms with E-state index in [0.29, 0.717) is 11.4 Å². The lowest BCUT2D eigenvalue weighted by Gasteiger charge is -2.16. The minimum atomic E-state index is -1.05. The molecule has 7 heteroatoms. The fourth-order valence-electron chi connectivity index (χ4n) is 2.52. The van der Waals surface area contributed by atoms with E-state index in [1.54, 1.807) is 0 Å². The summed E-state index contributed by atoms with van der Waals surface area (Å²) in [7, 11) is 0. The maximum Gasteiger partial charge on any atom is 0.335 e. The SMILES string of the molecule is O=C(O)c1ccc(NC2CC(=O)N(c3ccc(F)cc3)C2=O)cc1. The predicted molar refractivity (Wildman–Crippen MR) is 84.3 cm³/mol. The van der Waals surface area contributed by atoms with Gasteiger partial charge in [0.25, 0.3) is 5.91 Å². The van der Waals surface area contributed by atoms with Crippen molar-refractivity contribution in [2.45, 2.75) is 12.5 Å². The molecule has 1 aliphatic rings. The van der Waals surface area contributed by atoms with Crippen LogP contribution in [0.1, 0.15) is 16.8 Å². The molecule has 122 valence electrons. The zero-order chi connectivity index (χ0) is 17.3. The number of carbonyl (C=O) groups is 3. The Morgan fingerprint density at radius 1 is 1.08 bits per heavy atom. The Balaban J connectivity index is 1.76. The average Bonchev–Trinajstić information content (AvgIpc) is 2.83. The first-order valence-electron chi connectivity index (χ1n) is 7.18. The second kappa shape index (κ2) is 6.11. The molecular weight excluding hydrogens is 315 g/mol. The number of nitrogens with one attached hydrogen (secondary N) is 1. The Bertz CT molecular complexity index is 802. The summed E-state index contributed by atoms with van der Waals surface area (Å²) in [4.78, 5) is 36.4. The number of anilines is 2. The third-order valence-electron chi connectivity index (χ3n) is 3.70. The highest BCUT2D eigenvalue weighted by molar-refractivity contribution is 6.23. The molecule has 0 aromatic heterocycles. The zero-order valence-corrected chi connectivity index (χ0v) is 12.4. The van der Waals surface area contributed by atoms with Crippen molar-refractivity contribution in [3.05, 3.63) is 59.9 Å². The van der Waals surface area contributed by atoms with E-state index in [9.17, 15) is 18.8 Å². The maximum absolute atomic E-state index is 13.0. The molecule has 3 rings (SSSR count). The van der Waals surface area contributed by atoms with Gasteiger partial charge >= 0.3 is 5.97 Å². The van der Waals surface area contributed by atoms with Crippen molar-refractivity contribution < 1.29 is 23.9 Å². The number of rotatable bonds is 4. The van der Waals surface area contributed by atoms with Gasteiger partial charge in [-0.25, -0.2) is 14.1 Å². The second-order valence-corrected chi connectivity index (χ2v) is 5.33. The zero-order valence-electron chi connectivity index (χ0n) is 12.4. The number of hydrogen-bond donors (Lipinski definition) is 2. The Morgan fingerprint density at radius 3 is 2.29 bits per heavy atom. The molecule has 0 aliphatic carbocycles. The van der Waals surface area contributed by atoms with E-state index in [1.165, 1.54) is 48.5 Å². The third kappa shape index (κ3) is 2.96. The number of amides is 2. The number of nitrogens with zero attached hydrogens (tertiary/aromatic N) is 1. The lowest BCUT2D eigenvalue weighted by Crippen LogP contribution is -2.34. The summed E-state index contributed by atoms with van der Waals surface area (Å²) in [6.45, 7) is 0. The molecule has 1 heterocycles. The van der Waals surface area contributed by atoms with Gasteiger partial charge in [-0.3, -0.25) is 9.59 Å². The Morgan fingerprint density at radius 2 is 1.71 bits per heavy atom. The molecule has 1 unspecified atom stereocenters. The molecule has 6 nitrogen and oxygen atoms in total. The molecule has 2 N–H and O–H groups in total. The van der Waals surface area contributed by atoms with Crippen LogP contribution >= 0.6 is 0 Å². The molecule has 1 saturated heterocycles. The van der Waals surface area contributed by atoms with Crippen molar-refractivity contribution in [2.75, 3.05) is 10.2 Å². The third-order valence-corrected chi connectivity index (χ3v) is 3.70. The summed E-state index contributed by atoms with van der Waals surface area (Å²) in [6, 6.07) is 10.2. The Kier molecular flexibility index (Phi) is 3.99. The summed E-state index contributed by atoms with van der Waals surface area (Å²) in [5, 5.41) is 11.8. The first-order valence-corrected chi connectivity index (χ1v) is 7.18. The van der Waals surface area contributed by atoms with Crippen molar-refractivity contribution in [3.63, 3.8) is 0 Å². The second-order valence-electron chi connectivity index (χ2n) is 5.33. The Labute approximate surface area is 136 Å². The van der Waals surface area contributed by atoms with Gasteiger partial charge in [-0.1, -0.05) is 0 Å². The van der Waals surface area contributed by atoms with Gasteiger partial charge in [0.2, 0.25) is 5.91 Å². The van der Waals surface area contributed by atoms with E-state index in [-0.39, 0.29) is 17.9 Å². The number of halogens is 1. The number of carboxylic acids is 1. The molecule has 0 saturated carbocycles. The van der Waals surface area contributed by atoms with Gasteiger partial charge in [-0.15, -0.1) is 0 Å². The summed E-state index contributed by atoms with van der Waals surface area (Å²) < 4.78 is 13.0. The fraction of sp³-hybridized carbons (Fsp3) is 0.118. The van der Waals surface area contributed by atoms with E-state index < -0.39 is 23.7 Å². The summed E-state index contributed by atoms with van der Waals surface area (Å²) in [5.41, 5.74) is 0.978. The van der Waals surface area contributed by atoms with Crippen LogP contribution in [0.4, 0.5) is 15.8 Å². The summed E-state index contributed by atoms with van der Waals surface area (Å²) in [5.74, 6) is -2.32. The molecule has 1 aliphatic heterocycles. The van der Waals surface area contributed by atoms with Crippen LogP contribution in [-0.2, 0) is 9.59 Å². The van der Waals surface area contributed by atoms with Crippen LogP contribution in [0.25, 0.3) is 0 Å². The summed E-state index contributed by atoms with van der Waals surface area (Å²) >= 11 is 0. The number of benzene rings is 2. The van der Waals surface area contributed by atoms with Crippen LogP contribution < -0.4 is 10.2 Å². The highest BCUT2D eigenvalue weighted by Crippen LogP contribution is 2.25. The molecule has 24 heavy (non-hydrogen) atoms. The molecule has 0 radical (unpaired) electrons. The van der Waals surface area contributed by atoms with Crippen LogP contribution in [-0.4, -0.2) is 28.9 Å². The smallest absolute Gasteiger partial charge is 0.335 e. The molecule has 2 aromatic carbocycles. The minimum absolute atomic E-state index is 0.0309. The average molecular weight is 328 g/mol. The van der Waals surface area contributed by atoms with Crippen LogP contribution in [0.5, 0.6) is 0 Å². The van der Waals surface area contributed by atoms with Crippen molar-refractivity contribution in [1.82, 2.24) is 0 Å². The molecular formula is C17H13FN2O4. The van der Waals surface area contributed by atoms with Crippen molar-refractivity contribution >= 4 is 29.2 Å². The van der Waals surface area contributed by atoms with E-state index >= 15 is 0 Å².